The first kappa shape index (κ1) is 48.6. The third-order valence-corrected chi connectivity index (χ3v) is 12.1. The van der Waals surface area contributed by atoms with Crippen LogP contribution in [0.5, 0.6) is 0 Å². The standard InChI is InChI=1S/C40H55Cl2F4N7O7/c1-7-26(48-36(58)31-24(19-30(43)51-31)32(54)39(13-14-39)40(44,45)46)33(55)49-27-10-8-9-15-52(5)37(59)21(4)47-35(57)29(18-22-17-23(41)11-12-25(22)42)53(6)38(60)28(16-20(2)3)50-34(27)56/h11-12,17,20-21,24,26-31,51H,7-10,13-16,18-19H2,1-6H3,(H,47,57)(H,48,58)(H,49,55)(H,50,56)/t21-,24?,26+,27+,28+,29+,30-,31-/m1/s1. The summed E-state index contributed by atoms with van der Waals surface area (Å²) in [5.74, 6) is -7.45. The van der Waals surface area contributed by atoms with E-state index in [2.05, 4.69) is 26.6 Å². The van der Waals surface area contributed by atoms with Crippen LogP contribution in [0.15, 0.2) is 18.2 Å². The maximum absolute atomic E-state index is 14.5. The largest absolute Gasteiger partial charge is 0.401 e. The number of nitrogens with zero attached hydrogens (tertiary/aromatic N) is 2. The van der Waals surface area contributed by atoms with Crippen LogP contribution < -0.4 is 26.6 Å². The molecule has 8 atom stereocenters. The van der Waals surface area contributed by atoms with Gasteiger partial charge in [0.25, 0.3) is 0 Å². The van der Waals surface area contributed by atoms with E-state index >= 15 is 0 Å². The number of ketones is 1. The Morgan fingerprint density at radius 2 is 1.67 bits per heavy atom. The number of likely N-dealkylation sites (N-methyl/N-ethyl adjacent to an activating group) is 2. The van der Waals surface area contributed by atoms with Crippen molar-refractivity contribution < 1.29 is 51.1 Å². The summed E-state index contributed by atoms with van der Waals surface area (Å²) in [6, 6.07) is -3.07. The van der Waals surface area contributed by atoms with Crippen LogP contribution in [0.2, 0.25) is 10.0 Å². The Morgan fingerprint density at radius 1 is 1.00 bits per heavy atom. The molecular formula is C40H55Cl2F4N7O7. The van der Waals surface area contributed by atoms with Crippen LogP contribution >= 0.6 is 23.2 Å². The van der Waals surface area contributed by atoms with Crippen molar-refractivity contribution in [3.63, 3.8) is 0 Å². The molecule has 1 aromatic rings. The minimum absolute atomic E-state index is 0.0222. The molecule has 20 heteroatoms. The molecule has 2 heterocycles. The van der Waals surface area contributed by atoms with Gasteiger partial charge in [-0.15, -0.1) is 0 Å². The minimum atomic E-state index is -4.87. The van der Waals surface area contributed by atoms with Crippen molar-refractivity contribution in [2.75, 3.05) is 20.6 Å². The summed E-state index contributed by atoms with van der Waals surface area (Å²) in [6.45, 7) is 6.90. The van der Waals surface area contributed by atoms with Crippen LogP contribution in [-0.2, 0) is 40.0 Å². The highest BCUT2D eigenvalue weighted by atomic mass is 35.5. The quantitative estimate of drug-likeness (QED) is 0.165. The van der Waals surface area contributed by atoms with Crippen LogP contribution in [0, 0.1) is 17.3 Å². The Morgan fingerprint density at radius 3 is 2.27 bits per heavy atom. The highest BCUT2D eigenvalue weighted by Crippen LogP contribution is 2.60. The smallest absolute Gasteiger partial charge is 0.344 e. The maximum atomic E-state index is 14.5. The van der Waals surface area contributed by atoms with Gasteiger partial charge < -0.3 is 31.1 Å². The minimum Gasteiger partial charge on any atom is -0.344 e. The predicted molar refractivity (Wildman–Crippen MR) is 214 cm³/mol. The van der Waals surface area contributed by atoms with Gasteiger partial charge in [-0.05, 0) is 81.5 Å². The third-order valence-electron chi connectivity index (χ3n) is 11.5. The second-order valence-electron chi connectivity index (χ2n) is 16.5. The molecule has 0 radical (unpaired) electrons. The molecule has 2 saturated heterocycles. The van der Waals surface area contributed by atoms with Crippen molar-refractivity contribution in [1.82, 2.24) is 36.4 Å². The second kappa shape index (κ2) is 20.2. The molecule has 334 valence electrons. The SMILES string of the molecule is CC[C@H](NC(=O)[C@@H]1N[C@@H](F)CC1C(=O)C1(C(F)(F)F)CC1)C(=O)N[C@H]1CCCCN(C)C(=O)[C@@H](C)NC(=O)[C@H](Cc2cc(Cl)ccc2Cl)N(C)C(=O)[C@H](CC(C)C)NC1=O. The van der Waals surface area contributed by atoms with Crippen LogP contribution in [-0.4, -0.2) is 120 Å². The number of hydrogen-bond donors (Lipinski definition) is 5. The molecular weight excluding hydrogens is 837 g/mol. The highest BCUT2D eigenvalue weighted by Gasteiger charge is 2.70. The Balaban J connectivity index is 1.59. The molecule has 0 aromatic heterocycles. The van der Waals surface area contributed by atoms with E-state index in [0.29, 0.717) is 23.4 Å². The van der Waals surface area contributed by atoms with Crippen LogP contribution in [0.4, 0.5) is 17.6 Å². The van der Waals surface area contributed by atoms with Crippen LogP contribution in [0.1, 0.15) is 84.6 Å². The summed E-state index contributed by atoms with van der Waals surface area (Å²) in [5, 5.41) is 13.4. The zero-order valence-electron chi connectivity index (χ0n) is 34.5. The first-order valence-corrected chi connectivity index (χ1v) is 20.9. The molecule has 1 saturated carbocycles. The molecule has 1 aliphatic carbocycles. The zero-order chi connectivity index (χ0) is 44.9. The Kier molecular flexibility index (Phi) is 16.4. The molecule has 4 rings (SSSR count). The number of alkyl halides is 4. The van der Waals surface area contributed by atoms with Crippen LogP contribution in [0.25, 0.3) is 0 Å². The lowest BCUT2D eigenvalue weighted by atomic mass is 9.84. The molecule has 3 aliphatic rings. The highest BCUT2D eigenvalue weighted by molar-refractivity contribution is 6.33. The average Bonchev–Trinajstić information content (AvgIpc) is 3.92. The van der Waals surface area contributed by atoms with Gasteiger partial charge in [-0.2, -0.15) is 13.2 Å². The first-order valence-electron chi connectivity index (χ1n) is 20.2. The van der Waals surface area contributed by atoms with Gasteiger partial charge in [0.05, 0.1) is 6.04 Å². The molecule has 1 aromatic carbocycles. The molecule has 2 aliphatic heterocycles. The van der Waals surface area contributed by atoms with Crippen LogP contribution in [0.3, 0.4) is 0 Å². The number of nitrogens with one attached hydrogen (secondary N) is 5. The van der Waals surface area contributed by atoms with Gasteiger partial charge in [-0.25, -0.2) is 4.39 Å². The lowest BCUT2D eigenvalue weighted by Gasteiger charge is -2.33. The van der Waals surface area contributed by atoms with E-state index in [9.17, 15) is 51.1 Å². The van der Waals surface area contributed by atoms with E-state index in [1.54, 1.807) is 25.2 Å². The molecule has 1 unspecified atom stereocenters. The number of hydrogen-bond acceptors (Lipinski definition) is 8. The number of carbonyl (C=O) groups excluding carboxylic acids is 7. The van der Waals surface area contributed by atoms with Crippen molar-refractivity contribution in [2.45, 2.75) is 134 Å². The molecule has 6 amide bonds. The summed E-state index contributed by atoms with van der Waals surface area (Å²) in [4.78, 5) is 98.5. The number of amides is 6. The van der Waals surface area contributed by atoms with Crippen molar-refractivity contribution >= 4 is 64.4 Å². The number of carbonyl (C=O) groups is 7. The van der Waals surface area contributed by atoms with Gasteiger partial charge in [0.15, 0.2) is 12.1 Å². The average molecular weight is 893 g/mol. The Labute approximate surface area is 356 Å². The molecule has 0 spiro atoms. The maximum Gasteiger partial charge on any atom is 0.401 e. The molecule has 3 fully saturated rings. The van der Waals surface area contributed by atoms with Crippen molar-refractivity contribution in [3.05, 3.63) is 33.8 Å². The number of benzene rings is 1. The van der Waals surface area contributed by atoms with Gasteiger partial charge >= 0.3 is 6.18 Å². The summed E-state index contributed by atoms with van der Waals surface area (Å²) in [7, 11) is 2.93. The van der Waals surface area contributed by atoms with E-state index in [4.69, 9.17) is 23.2 Å². The molecule has 5 N–H and O–H groups in total. The monoisotopic (exact) mass is 891 g/mol. The van der Waals surface area contributed by atoms with E-state index in [1.807, 2.05) is 13.8 Å². The van der Waals surface area contributed by atoms with E-state index in [1.165, 1.54) is 30.7 Å². The molecule has 14 nitrogen and oxygen atoms in total. The summed E-state index contributed by atoms with van der Waals surface area (Å²) in [6.07, 6.45) is -7.74. The lowest BCUT2D eigenvalue weighted by Crippen LogP contribution is -2.60. The van der Waals surface area contributed by atoms with Crippen molar-refractivity contribution in [1.29, 1.82) is 0 Å². The van der Waals surface area contributed by atoms with Gasteiger partial charge in [0, 0.05) is 49.4 Å². The summed E-state index contributed by atoms with van der Waals surface area (Å²) < 4.78 is 55.9. The van der Waals surface area contributed by atoms with Gasteiger partial charge in [-0.1, -0.05) is 44.0 Å². The zero-order valence-corrected chi connectivity index (χ0v) is 36.0. The molecule has 0 bridgehead atoms. The van der Waals surface area contributed by atoms with E-state index in [0.717, 1.165) is 0 Å². The summed E-state index contributed by atoms with van der Waals surface area (Å²) in [5.41, 5.74) is -2.19. The topological polar surface area (TPSA) is 186 Å². The molecule has 60 heavy (non-hydrogen) atoms. The number of halogens is 6. The van der Waals surface area contributed by atoms with Gasteiger partial charge in [-0.3, -0.25) is 38.9 Å². The fraction of sp³-hybridized carbons (Fsp3) is 0.675. The fourth-order valence-electron chi connectivity index (χ4n) is 7.75. The number of Topliss-reactive ketones (excluding diaryl/α,β-unsaturated/α-hetero) is 1. The van der Waals surface area contributed by atoms with E-state index < -0.39 is 121 Å². The number of rotatable bonds is 11. The van der Waals surface area contributed by atoms with Gasteiger partial charge in [0.2, 0.25) is 35.4 Å². The second-order valence-corrected chi connectivity index (χ2v) is 17.4. The van der Waals surface area contributed by atoms with Gasteiger partial charge in [0.1, 0.15) is 35.6 Å². The normalized spacial score (nSPS) is 27.6. The van der Waals surface area contributed by atoms with Crippen molar-refractivity contribution in [3.8, 4) is 0 Å². The predicted octanol–water partition coefficient (Wildman–Crippen LogP) is 3.61. The Hall–Kier alpha value is -4.03. The fourth-order valence-corrected chi connectivity index (χ4v) is 8.14. The van der Waals surface area contributed by atoms with E-state index in [-0.39, 0.29) is 43.2 Å². The third kappa shape index (κ3) is 11.7. The van der Waals surface area contributed by atoms with Crippen molar-refractivity contribution in [2.24, 2.45) is 17.3 Å². The summed E-state index contributed by atoms with van der Waals surface area (Å²) >= 11 is 12.7. The first-order chi connectivity index (χ1) is 28.0. The lowest BCUT2D eigenvalue weighted by molar-refractivity contribution is -0.193. The Bertz CT molecular complexity index is 1800.